The Bertz CT molecular complexity index is 2140. The molecule has 0 aromatic rings. The van der Waals surface area contributed by atoms with Gasteiger partial charge in [0.1, 0.15) is 67.3 Å². The molecule has 8 fully saturated rings. The molecule has 21 nitrogen and oxygen atoms in total. The Morgan fingerprint density at radius 2 is 1.28 bits per heavy atom. The van der Waals surface area contributed by atoms with E-state index in [2.05, 4.69) is 40.7 Å². The van der Waals surface area contributed by atoms with E-state index in [9.17, 15) is 55.5 Å². The maximum Gasteiger partial charge on any atom is 0.315 e. The molecule has 0 aromatic carbocycles. The molecule has 27 atom stereocenters. The molecule has 21 heteroatoms. The molecule has 4 heterocycles. The van der Waals surface area contributed by atoms with Crippen molar-refractivity contribution < 1.29 is 103 Å². The van der Waals surface area contributed by atoms with Gasteiger partial charge in [-0.3, -0.25) is 9.59 Å². The number of carbonyl (C=O) groups is 3. The van der Waals surface area contributed by atoms with Gasteiger partial charge in [0.15, 0.2) is 31.1 Å². The maximum atomic E-state index is 15.8. The minimum atomic E-state index is -1.95. The molecular formula is C54H84O21. The monoisotopic (exact) mass is 1070 g/mol. The van der Waals surface area contributed by atoms with Crippen molar-refractivity contribution in [3.8, 4) is 0 Å². The van der Waals surface area contributed by atoms with Crippen molar-refractivity contribution in [1.29, 1.82) is 0 Å². The second-order valence-corrected chi connectivity index (χ2v) is 25.5. The van der Waals surface area contributed by atoms with Gasteiger partial charge < -0.3 is 93.4 Å². The first-order valence-electron chi connectivity index (χ1n) is 27.3. The van der Waals surface area contributed by atoms with Gasteiger partial charge in [0.25, 0.3) is 0 Å². The number of aliphatic hydroxyl groups excluding tert-OH is 9. The number of esters is 2. The summed E-state index contributed by atoms with van der Waals surface area (Å²) in [4.78, 5) is 41.4. The number of ether oxygens (including phenoxy) is 9. The second kappa shape index (κ2) is 20.7. The van der Waals surface area contributed by atoms with Crippen LogP contribution in [-0.2, 0) is 57.0 Å². The van der Waals surface area contributed by atoms with Gasteiger partial charge in [-0.05, 0) is 117 Å². The first-order valence-corrected chi connectivity index (χ1v) is 27.3. The first-order chi connectivity index (χ1) is 35.1. The molecule has 0 spiro atoms. The van der Waals surface area contributed by atoms with Crippen molar-refractivity contribution >= 4 is 18.2 Å². The van der Waals surface area contributed by atoms with Crippen LogP contribution in [0.1, 0.15) is 127 Å². The number of allylic oxidation sites excluding steroid dienone is 2. The standard InChI is InChI=1S/C54H84O21/c1-24-40(72-44-37(63)34(60)29(58)22-67-44)36(62)39(65)45(68-24)74-43-42(73-46-38(64)35(61)30(21-55)71-46)41(70-26(3)57)25(2)69-47(43)75-48(66)54-18-16-49(4,5)20-28(54)27-10-11-32-50(6)14-13-33(59)51(7,23-56)31(50)12-15-53(32,9)52(27,8)17-19-54/h10,23-25,28-47,55,58-65H,11-22H2,1-9H3. The third-order valence-corrected chi connectivity index (χ3v) is 20.8. The van der Waals surface area contributed by atoms with E-state index in [-0.39, 0.29) is 39.4 Å². The molecule has 0 aromatic heterocycles. The molecule has 5 aliphatic carbocycles. The molecule has 0 amide bonds. The third-order valence-electron chi connectivity index (χ3n) is 20.8. The summed E-state index contributed by atoms with van der Waals surface area (Å²) in [5, 5.41) is 97.4. The molecule has 4 saturated carbocycles. The lowest BCUT2D eigenvalue weighted by Gasteiger charge is -2.71. The van der Waals surface area contributed by atoms with Crippen molar-refractivity contribution in [3.63, 3.8) is 0 Å². The van der Waals surface area contributed by atoms with Crippen LogP contribution in [-0.4, -0.2) is 194 Å². The Morgan fingerprint density at radius 3 is 1.95 bits per heavy atom. The largest absolute Gasteiger partial charge is 0.457 e. The highest BCUT2D eigenvalue weighted by molar-refractivity contribution is 5.79. The SMILES string of the molecule is CC(=O)OC1C(C)OC(OC(=O)C23CCC(C)(C)CC2C2=CCC4C5(C)CCC(O)C(C)(C=O)C5CCC4(C)C2(C)CC3)C(OC2OC(C)C(OC3OCC(O)C(O)C3O)C(O)C2O)C1OC1OC(CO)C(O)C1O. The summed E-state index contributed by atoms with van der Waals surface area (Å²) in [6, 6.07) is 0. The lowest BCUT2D eigenvalue weighted by molar-refractivity contribution is -0.382. The molecule has 27 unspecified atom stereocenters. The van der Waals surface area contributed by atoms with Crippen LogP contribution in [0.5, 0.6) is 0 Å². The van der Waals surface area contributed by atoms with E-state index >= 15 is 4.79 Å². The van der Waals surface area contributed by atoms with Crippen LogP contribution in [0.25, 0.3) is 0 Å². The van der Waals surface area contributed by atoms with Crippen LogP contribution >= 0.6 is 0 Å². The smallest absolute Gasteiger partial charge is 0.315 e. The Balaban J connectivity index is 1.05. The van der Waals surface area contributed by atoms with E-state index in [1.807, 2.05) is 6.92 Å². The predicted molar refractivity (Wildman–Crippen MR) is 258 cm³/mol. The van der Waals surface area contributed by atoms with Crippen LogP contribution in [0, 0.1) is 50.2 Å². The molecule has 9 rings (SSSR count). The molecule has 4 aliphatic heterocycles. The van der Waals surface area contributed by atoms with E-state index in [1.165, 1.54) is 12.5 Å². The van der Waals surface area contributed by atoms with Gasteiger partial charge in [-0.2, -0.15) is 0 Å². The maximum absolute atomic E-state index is 15.8. The van der Waals surface area contributed by atoms with E-state index in [0.29, 0.717) is 38.5 Å². The van der Waals surface area contributed by atoms with Gasteiger partial charge in [-0.25, -0.2) is 0 Å². The molecule has 0 radical (unpaired) electrons. The highest BCUT2D eigenvalue weighted by Crippen LogP contribution is 2.76. The number of aldehydes is 1. The van der Waals surface area contributed by atoms with Crippen molar-refractivity contribution in [2.75, 3.05) is 13.2 Å². The fourth-order valence-electron chi connectivity index (χ4n) is 16.1. The first kappa shape index (κ1) is 57.4. The zero-order chi connectivity index (χ0) is 54.7. The molecule has 426 valence electrons. The highest BCUT2D eigenvalue weighted by atomic mass is 16.8. The lowest BCUT2D eigenvalue weighted by atomic mass is 9.33. The highest BCUT2D eigenvalue weighted by Gasteiger charge is 2.70. The van der Waals surface area contributed by atoms with Gasteiger partial charge in [-0.1, -0.05) is 53.2 Å². The fraction of sp³-hybridized carbons (Fsp3) is 0.907. The Labute approximate surface area is 438 Å². The fourth-order valence-corrected chi connectivity index (χ4v) is 16.1. The summed E-state index contributed by atoms with van der Waals surface area (Å²) in [5.41, 5.74) is -1.62. The summed E-state index contributed by atoms with van der Waals surface area (Å²) in [5.74, 6) is -1.40. The van der Waals surface area contributed by atoms with Crippen LogP contribution in [0.3, 0.4) is 0 Å². The van der Waals surface area contributed by atoms with Crippen LogP contribution < -0.4 is 0 Å². The van der Waals surface area contributed by atoms with Crippen LogP contribution in [0.2, 0.25) is 0 Å². The van der Waals surface area contributed by atoms with E-state index in [4.69, 9.17) is 42.6 Å². The number of aliphatic hydroxyl groups is 9. The van der Waals surface area contributed by atoms with Crippen molar-refractivity contribution in [2.24, 2.45) is 50.2 Å². The number of fused-ring (bicyclic) bond motifs is 7. The van der Waals surface area contributed by atoms with Gasteiger partial charge in [0.05, 0.1) is 42.4 Å². The van der Waals surface area contributed by atoms with Gasteiger partial charge in [-0.15, -0.1) is 0 Å². The molecule has 9 N–H and O–H groups in total. The number of carbonyl (C=O) groups excluding carboxylic acids is 3. The van der Waals surface area contributed by atoms with E-state index in [1.54, 1.807) is 6.92 Å². The van der Waals surface area contributed by atoms with E-state index in [0.717, 1.165) is 38.9 Å². The second-order valence-electron chi connectivity index (χ2n) is 25.5. The zero-order valence-corrected chi connectivity index (χ0v) is 44.8. The van der Waals surface area contributed by atoms with Gasteiger partial charge in [0, 0.05) is 6.92 Å². The van der Waals surface area contributed by atoms with Crippen LogP contribution in [0.4, 0.5) is 0 Å². The molecular weight excluding hydrogens is 985 g/mol. The number of hydrogen-bond acceptors (Lipinski definition) is 21. The average Bonchev–Trinajstić information content (AvgIpc) is 3.63. The molecule has 9 aliphatic rings. The minimum Gasteiger partial charge on any atom is -0.457 e. The Kier molecular flexibility index (Phi) is 15.8. The Hall–Kier alpha value is -2.29. The van der Waals surface area contributed by atoms with Crippen molar-refractivity contribution in [2.45, 2.75) is 243 Å². The summed E-state index contributed by atoms with van der Waals surface area (Å²) in [6.07, 6.45) is -18.9. The molecule has 4 saturated heterocycles. The summed E-state index contributed by atoms with van der Waals surface area (Å²) in [6.45, 7) is 16.5. The molecule has 75 heavy (non-hydrogen) atoms. The third kappa shape index (κ3) is 9.38. The summed E-state index contributed by atoms with van der Waals surface area (Å²) < 4.78 is 54.9. The number of rotatable bonds is 11. The van der Waals surface area contributed by atoms with Crippen molar-refractivity contribution in [1.82, 2.24) is 0 Å². The number of hydrogen-bond donors (Lipinski definition) is 9. The summed E-state index contributed by atoms with van der Waals surface area (Å²) >= 11 is 0. The van der Waals surface area contributed by atoms with E-state index < -0.39 is 153 Å². The average molecular weight is 1070 g/mol. The normalized spacial score (nSPS) is 53.5. The zero-order valence-electron chi connectivity index (χ0n) is 44.8. The minimum absolute atomic E-state index is 0.0116. The quantitative estimate of drug-likeness (QED) is 0.0793. The topological polar surface area (TPSA) is 316 Å². The van der Waals surface area contributed by atoms with Gasteiger partial charge in [0.2, 0.25) is 6.29 Å². The lowest BCUT2D eigenvalue weighted by Crippen LogP contribution is -2.67. The van der Waals surface area contributed by atoms with Crippen LogP contribution in [0.15, 0.2) is 11.6 Å². The van der Waals surface area contributed by atoms with Crippen molar-refractivity contribution in [3.05, 3.63) is 11.6 Å². The summed E-state index contributed by atoms with van der Waals surface area (Å²) in [7, 11) is 0. The Morgan fingerprint density at radius 1 is 0.667 bits per heavy atom. The molecule has 0 bridgehead atoms. The van der Waals surface area contributed by atoms with Gasteiger partial charge >= 0.3 is 11.9 Å². The predicted octanol–water partition coefficient (Wildman–Crippen LogP) is 1.05.